The molecule has 1 aromatic heterocycles. The highest BCUT2D eigenvalue weighted by molar-refractivity contribution is 5.37. The molecule has 0 aliphatic rings. The second kappa shape index (κ2) is 6.17. The summed E-state index contributed by atoms with van der Waals surface area (Å²) >= 11 is 0. The first-order valence-corrected chi connectivity index (χ1v) is 6.45. The third-order valence-corrected chi connectivity index (χ3v) is 3.15. The summed E-state index contributed by atoms with van der Waals surface area (Å²) in [6.45, 7) is 6.62. The maximum absolute atomic E-state index is 8.88. The van der Waals surface area contributed by atoms with Gasteiger partial charge in [-0.3, -0.25) is 0 Å². The van der Waals surface area contributed by atoms with E-state index in [1.54, 1.807) is 0 Å². The molecule has 0 radical (unpaired) electrons. The molecule has 0 aliphatic heterocycles. The number of nitrogens with one attached hydrogen (secondary N) is 1. The molecule has 4 nitrogen and oxygen atoms in total. The predicted octanol–water partition coefficient (Wildman–Crippen LogP) is 2.22. The quantitative estimate of drug-likeness (QED) is 0.890. The minimum absolute atomic E-state index is 0.708. The zero-order chi connectivity index (χ0) is 13.7. The van der Waals surface area contributed by atoms with Crippen LogP contribution in [-0.2, 0) is 13.1 Å². The van der Waals surface area contributed by atoms with Gasteiger partial charge in [-0.15, -0.1) is 0 Å². The average Bonchev–Trinajstić information content (AvgIpc) is 2.86. The molecule has 1 N–H and O–H groups in total. The highest BCUT2D eigenvalue weighted by Gasteiger charge is 2.05. The van der Waals surface area contributed by atoms with Gasteiger partial charge in [0.15, 0.2) is 0 Å². The number of aryl methyl sites for hydroxylation is 1. The van der Waals surface area contributed by atoms with Crippen LogP contribution in [0.1, 0.15) is 29.4 Å². The van der Waals surface area contributed by atoms with Gasteiger partial charge in [0.1, 0.15) is 5.82 Å². The molecule has 0 saturated carbocycles. The van der Waals surface area contributed by atoms with E-state index in [0.29, 0.717) is 5.56 Å². The molecule has 0 bridgehead atoms. The van der Waals surface area contributed by atoms with Crippen molar-refractivity contribution in [3.05, 3.63) is 53.1 Å². The summed E-state index contributed by atoms with van der Waals surface area (Å²) in [7, 11) is 0. The smallest absolute Gasteiger partial charge is 0.122 e. The lowest BCUT2D eigenvalue weighted by atomic mass is 10.1. The average molecular weight is 254 g/mol. The van der Waals surface area contributed by atoms with E-state index in [1.165, 1.54) is 5.56 Å². The van der Waals surface area contributed by atoms with E-state index >= 15 is 0 Å². The van der Waals surface area contributed by atoms with Gasteiger partial charge in [0.05, 0.1) is 18.2 Å². The molecule has 4 heteroatoms. The maximum atomic E-state index is 8.88. The number of benzene rings is 1. The monoisotopic (exact) mass is 254 g/mol. The fourth-order valence-electron chi connectivity index (χ4n) is 2.01. The van der Waals surface area contributed by atoms with Crippen LogP contribution in [0.4, 0.5) is 0 Å². The molecule has 0 aliphatic carbocycles. The maximum Gasteiger partial charge on any atom is 0.122 e. The Labute approximate surface area is 113 Å². The molecule has 2 rings (SSSR count). The van der Waals surface area contributed by atoms with Crippen LogP contribution in [0.2, 0.25) is 0 Å². The van der Waals surface area contributed by atoms with Gasteiger partial charge in [-0.25, -0.2) is 4.98 Å². The first-order valence-electron chi connectivity index (χ1n) is 6.45. The lowest BCUT2D eigenvalue weighted by Gasteiger charge is -2.10. The summed E-state index contributed by atoms with van der Waals surface area (Å²) in [5.74, 6) is 1.03. The predicted molar refractivity (Wildman–Crippen MR) is 74.6 cm³/mol. The van der Waals surface area contributed by atoms with Crippen molar-refractivity contribution in [3.63, 3.8) is 0 Å². The molecule has 0 unspecified atom stereocenters. The Morgan fingerprint density at radius 2 is 2.26 bits per heavy atom. The number of hydrogen-bond acceptors (Lipinski definition) is 3. The molecular formula is C15H18N4. The van der Waals surface area contributed by atoms with Crippen LogP contribution in [0.5, 0.6) is 0 Å². The van der Waals surface area contributed by atoms with E-state index in [0.717, 1.165) is 31.0 Å². The van der Waals surface area contributed by atoms with E-state index in [-0.39, 0.29) is 0 Å². The Hall–Kier alpha value is -2.12. The summed E-state index contributed by atoms with van der Waals surface area (Å²) in [6.07, 6.45) is 3.82. The first kappa shape index (κ1) is 13.3. The standard InChI is InChI=1S/C15H18N4/c1-3-17-10-15-18-6-7-19(15)11-14-5-4-13(9-16)8-12(14)2/h4-8,17H,3,10-11H2,1-2H3. The molecule has 2 aromatic rings. The zero-order valence-electron chi connectivity index (χ0n) is 11.3. The second-order valence-corrected chi connectivity index (χ2v) is 4.50. The summed E-state index contributed by atoms with van der Waals surface area (Å²) in [4.78, 5) is 4.36. The van der Waals surface area contributed by atoms with Crippen LogP contribution in [-0.4, -0.2) is 16.1 Å². The number of nitriles is 1. The highest BCUT2D eigenvalue weighted by Crippen LogP contribution is 2.13. The van der Waals surface area contributed by atoms with E-state index < -0.39 is 0 Å². The molecule has 0 amide bonds. The lowest BCUT2D eigenvalue weighted by molar-refractivity contribution is 0.638. The van der Waals surface area contributed by atoms with Crippen molar-refractivity contribution < 1.29 is 0 Å². The molecule has 0 saturated heterocycles. The van der Waals surface area contributed by atoms with Gasteiger partial charge in [0.25, 0.3) is 0 Å². The number of aromatic nitrogens is 2. The van der Waals surface area contributed by atoms with Crippen molar-refractivity contribution in [3.8, 4) is 6.07 Å². The third-order valence-electron chi connectivity index (χ3n) is 3.15. The van der Waals surface area contributed by atoms with E-state index in [4.69, 9.17) is 5.26 Å². The van der Waals surface area contributed by atoms with Crippen LogP contribution in [0.15, 0.2) is 30.6 Å². The van der Waals surface area contributed by atoms with Crippen molar-refractivity contribution in [1.82, 2.24) is 14.9 Å². The van der Waals surface area contributed by atoms with Gasteiger partial charge in [0.2, 0.25) is 0 Å². The molecule has 1 aromatic carbocycles. The Bertz CT molecular complexity index is 592. The lowest BCUT2D eigenvalue weighted by Crippen LogP contribution is -2.16. The summed E-state index contributed by atoms with van der Waals surface area (Å²) in [5, 5.41) is 12.2. The van der Waals surface area contributed by atoms with Crippen LogP contribution in [0, 0.1) is 18.3 Å². The van der Waals surface area contributed by atoms with Crippen molar-refractivity contribution in [2.24, 2.45) is 0 Å². The molecule has 0 spiro atoms. The minimum atomic E-state index is 0.708. The summed E-state index contributed by atoms with van der Waals surface area (Å²) < 4.78 is 2.14. The van der Waals surface area contributed by atoms with Crippen molar-refractivity contribution in [2.75, 3.05) is 6.54 Å². The molecule has 1 heterocycles. The van der Waals surface area contributed by atoms with Crippen LogP contribution in [0.3, 0.4) is 0 Å². The Kier molecular flexibility index (Phi) is 4.32. The van der Waals surface area contributed by atoms with Crippen molar-refractivity contribution in [1.29, 1.82) is 5.26 Å². The SMILES string of the molecule is CCNCc1nccn1Cc1ccc(C#N)cc1C. The highest BCUT2D eigenvalue weighted by atomic mass is 15.1. The normalized spacial score (nSPS) is 10.4. The fraction of sp³-hybridized carbons (Fsp3) is 0.333. The largest absolute Gasteiger partial charge is 0.329 e. The van der Waals surface area contributed by atoms with E-state index in [1.807, 2.05) is 37.5 Å². The summed E-state index contributed by atoms with van der Waals surface area (Å²) in [6, 6.07) is 7.97. The Balaban J connectivity index is 2.17. The number of hydrogen-bond donors (Lipinski definition) is 1. The minimum Gasteiger partial charge on any atom is -0.329 e. The van der Waals surface area contributed by atoms with Crippen LogP contribution in [0.25, 0.3) is 0 Å². The third kappa shape index (κ3) is 3.21. The van der Waals surface area contributed by atoms with Gasteiger partial charge < -0.3 is 9.88 Å². The number of rotatable bonds is 5. The molecule has 0 atom stereocenters. The van der Waals surface area contributed by atoms with Crippen LogP contribution >= 0.6 is 0 Å². The number of nitrogens with zero attached hydrogens (tertiary/aromatic N) is 3. The Morgan fingerprint density at radius 3 is 2.95 bits per heavy atom. The van der Waals surface area contributed by atoms with Crippen molar-refractivity contribution in [2.45, 2.75) is 26.9 Å². The zero-order valence-corrected chi connectivity index (χ0v) is 11.3. The van der Waals surface area contributed by atoms with Gasteiger partial charge in [-0.05, 0) is 36.7 Å². The second-order valence-electron chi connectivity index (χ2n) is 4.50. The topological polar surface area (TPSA) is 53.6 Å². The fourth-order valence-corrected chi connectivity index (χ4v) is 2.01. The molecule has 19 heavy (non-hydrogen) atoms. The summed E-state index contributed by atoms with van der Waals surface area (Å²) in [5.41, 5.74) is 3.07. The van der Waals surface area contributed by atoms with E-state index in [9.17, 15) is 0 Å². The molecule has 98 valence electrons. The molecular weight excluding hydrogens is 236 g/mol. The van der Waals surface area contributed by atoms with Crippen LogP contribution < -0.4 is 5.32 Å². The number of imidazole rings is 1. The van der Waals surface area contributed by atoms with Gasteiger partial charge >= 0.3 is 0 Å². The van der Waals surface area contributed by atoms with Gasteiger partial charge in [-0.1, -0.05) is 13.0 Å². The first-order chi connectivity index (χ1) is 9.24. The Morgan fingerprint density at radius 1 is 1.42 bits per heavy atom. The van der Waals surface area contributed by atoms with Gasteiger partial charge in [-0.2, -0.15) is 5.26 Å². The van der Waals surface area contributed by atoms with Gasteiger partial charge in [0, 0.05) is 18.9 Å². The molecule has 0 fully saturated rings. The van der Waals surface area contributed by atoms with E-state index in [2.05, 4.69) is 27.9 Å². The van der Waals surface area contributed by atoms with Crippen molar-refractivity contribution >= 4 is 0 Å².